The lowest BCUT2D eigenvalue weighted by Crippen LogP contribution is -2.30. The quantitative estimate of drug-likeness (QED) is 0.0261. The molecule has 0 spiro atoms. The summed E-state index contributed by atoms with van der Waals surface area (Å²) >= 11 is 0. The first-order valence-electron chi connectivity index (χ1n) is 35.1. The van der Waals surface area contributed by atoms with Gasteiger partial charge in [0.2, 0.25) is 0 Å². The Labute approximate surface area is 503 Å². The number of esters is 3. The van der Waals surface area contributed by atoms with E-state index >= 15 is 0 Å². The molecule has 81 heavy (non-hydrogen) atoms. The highest BCUT2D eigenvalue weighted by molar-refractivity contribution is 5.71. The van der Waals surface area contributed by atoms with Crippen molar-refractivity contribution in [3.63, 3.8) is 0 Å². The van der Waals surface area contributed by atoms with Crippen LogP contribution in [0, 0.1) is 0 Å². The molecule has 0 bridgehead atoms. The Kier molecular flexibility index (Phi) is 66.2. The Balaban J connectivity index is 4.23. The van der Waals surface area contributed by atoms with Gasteiger partial charge in [-0.05, 0) is 116 Å². The highest BCUT2D eigenvalue weighted by atomic mass is 16.6. The van der Waals surface area contributed by atoms with E-state index in [0.29, 0.717) is 19.3 Å². The molecule has 0 aromatic carbocycles. The fraction of sp³-hybridized carbons (Fsp3) is 0.773. The summed E-state index contributed by atoms with van der Waals surface area (Å²) in [5, 5.41) is 0. The van der Waals surface area contributed by atoms with Crippen LogP contribution in [0.4, 0.5) is 0 Å². The summed E-state index contributed by atoms with van der Waals surface area (Å²) in [5.41, 5.74) is 0. The minimum absolute atomic E-state index is 0.0886. The Morgan fingerprint density at radius 3 is 0.790 bits per heavy atom. The summed E-state index contributed by atoms with van der Waals surface area (Å²) in [6.07, 6.45) is 91.9. The van der Waals surface area contributed by atoms with Crippen LogP contribution >= 0.6 is 0 Å². The molecule has 0 heterocycles. The zero-order valence-electron chi connectivity index (χ0n) is 53.8. The summed E-state index contributed by atoms with van der Waals surface area (Å²) in [7, 11) is 0. The van der Waals surface area contributed by atoms with Crippen molar-refractivity contribution in [1.82, 2.24) is 0 Å². The Bertz CT molecular complexity index is 1530. The maximum atomic E-state index is 12.9. The van der Waals surface area contributed by atoms with Crippen LogP contribution in [0.1, 0.15) is 355 Å². The first-order chi connectivity index (χ1) is 40.0. The molecule has 0 N–H and O–H groups in total. The molecule has 0 saturated carbocycles. The van der Waals surface area contributed by atoms with E-state index in [1.807, 2.05) is 0 Å². The maximum absolute atomic E-state index is 12.9. The monoisotopic (exact) mass is 1130 g/mol. The molecule has 0 aromatic heterocycles. The topological polar surface area (TPSA) is 78.9 Å². The van der Waals surface area contributed by atoms with E-state index < -0.39 is 6.10 Å². The predicted molar refractivity (Wildman–Crippen MR) is 353 cm³/mol. The van der Waals surface area contributed by atoms with Crippen LogP contribution in [0.5, 0.6) is 0 Å². The van der Waals surface area contributed by atoms with Gasteiger partial charge in [-0.1, -0.05) is 305 Å². The molecule has 1 atom stereocenters. The lowest BCUT2D eigenvalue weighted by molar-refractivity contribution is -0.167. The molecule has 0 rings (SSSR count). The molecule has 6 heteroatoms. The second-order valence-corrected chi connectivity index (χ2v) is 23.4. The van der Waals surface area contributed by atoms with Crippen LogP contribution in [0.3, 0.4) is 0 Å². The second-order valence-electron chi connectivity index (χ2n) is 23.4. The van der Waals surface area contributed by atoms with Crippen LogP contribution in [0.15, 0.2) is 85.1 Å². The number of carbonyl (C=O) groups is 3. The molecular formula is C75H132O6. The molecular weight excluding hydrogens is 997 g/mol. The van der Waals surface area contributed by atoms with Crippen molar-refractivity contribution in [3.8, 4) is 0 Å². The van der Waals surface area contributed by atoms with Crippen molar-refractivity contribution in [2.75, 3.05) is 13.2 Å². The third-order valence-corrected chi connectivity index (χ3v) is 15.4. The minimum atomic E-state index is -0.796. The standard InChI is InChI=1S/C75H132O6/c1-4-7-10-13-16-19-22-25-28-30-31-32-33-34-35-36-37-38-39-40-41-42-43-45-47-50-53-56-59-62-65-68-74(77)80-71-72(70-79-73(76)67-64-61-58-55-52-49-46-27-24-21-18-15-12-9-6-3)81-75(78)69-66-63-60-57-54-51-48-44-29-26-23-20-17-14-11-8-5-2/h9,12,18,21-22,25-27,29-31,46,52,55,72H,4-8,10-11,13-17,19-20,23-24,28,32-45,47-51,53-54,56-71H2,1-3H3/b12-9-,21-18-,25-22-,29-26-,31-30-,46-27-,55-52-. The molecule has 1 unspecified atom stereocenters. The van der Waals surface area contributed by atoms with Crippen LogP contribution in [0.2, 0.25) is 0 Å². The van der Waals surface area contributed by atoms with E-state index in [1.54, 1.807) is 0 Å². The van der Waals surface area contributed by atoms with Crippen molar-refractivity contribution < 1.29 is 28.6 Å². The van der Waals surface area contributed by atoms with E-state index in [1.165, 1.54) is 225 Å². The van der Waals surface area contributed by atoms with Crippen LogP contribution in [0.25, 0.3) is 0 Å². The molecule has 0 aliphatic rings. The normalized spacial score (nSPS) is 12.6. The predicted octanol–water partition coefficient (Wildman–Crippen LogP) is 24.2. The lowest BCUT2D eigenvalue weighted by Gasteiger charge is -2.18. The number of hydrogen-bond donors (Lipinski definition) is 0. The van der Waals surface area contributed by atoms with E-state index in [0.717, 1.165) is 89.9 Å². The first kappa shape index (κ1) is 77.6. The van der Waals surface area contributed by atoms with Gasteiger partial charge in [-0.25, -0.2) is 0 Å². The highest BCUT2D eigenvalue weighted by Crippen LogP contribution is 2.17. The number of rotatable bonds is 64. The highest BCUT2D eigenvalue weighted by Gasteiger charge is 2.19. The number of hydrogen-bond acceptors (Lipinski definition) is 6. The Morgan fingerprint density at radius 2 is 0.481 bits per heavy atom. The van der Waals surface area contributed by atoms with Crippen molar-refractivity contribution >= 4 is 17.9 Å². The largest absolute Gasteiger partial charge is 0.462 e. The summed E-state index contributed by atoms with van der Waals surface area (Å²) in [6, 6.07) is 0. The minimum Gasteiger partial charge on any atom is -0.462 e. The Morgan fingerprint density at radius 1 is 0.259 bits per heavy atom. The summed E-state index contributed by atoms with van der Waals surface area (Å²) in [6.45, 7) is 6.51. The van der Waals surface area contributed by atoms with Gasteiger partial charge in [-0.2, -0.15) is 0 Å². The number of carbonyl (C=O) groups excluding carboxylic acids is 3. The van der Waals surface area contributed by atoms with Crippen LogP contribution in [-0.4, -0.2) is 37.2 Å². The van der Waals surface area contributed by atoms with Gasteiger partial charge in [0.25, 0.3) is 0 Å². The fourth-order valence-electron chi connectivity index (χ4n) is 10.1. The molecule has 0 amide bonds. The molecule has 0 fully saturated rings. The molecule has 0 aliphatic heterocycles. The summed E-state index contributed by atoms with van der Waals surface area (Å²) in [5.74, 6) is -0.920. The molecule has 6 nitrogen and oxygen atoms in total. The van der Waals surface area contributed by atoms with E-state index in [4.69, 9.17) is 14.2 Å². The average molecular weight is 1130 g/mol. The van der Waals surface area contributed by atoms with Gasteiger partial charge in [0.05, 0.1) is 0 Å². The molecule has 0 aromatic rings. The summed E-state index contributed by atoms with van der Waals surface area (Å²) < 4.78 is 16.9. The van der Waals surface area contributed by atoms with Crippen molar-refractivity contribution in [1.29, 1.82) is 0 Å². The average Bonchev–Trinajstić information content (AvgIpc) is 3.47. The molecule has 0 aliphatic carbocycles. The zero-order valence-corrected chi connectivity index (χ0v) is 53.8. The maximum Gasteiger partial charge on any atom is 0.306 e. The van der Waals surface area contributed by atoms with Gasteiger partial charge in [-0.15, -0.1) is 0 Å². The molecule has 0 saturated heterocycles. The van der Waals surface area contributed by atoms with Crippen molar-refractivity contribution in [2.45, 2.75) is 361 Å². The fourth-order valence-corrected chi connectivity index (χ4v) is 10.1. The van der Waals surface area contributed by atoms with Gasteiger partial charge in [0, 0.05) is 19.3 Å². The summed E-state index contributed by atoms with van der Waals surface area (Å²) in [4.78, 5) is 38.4. The Hall–Kier alpha value is -3.41. The van der Waals surface area contributed by atoms with Gasteiger partial charge in [0.15, 0.2) is 6.10 Å². The van der Waals surface area contributed by atoms with Gasteiger partial charge < -0.3 is 14.2 Å². The first-order valence-corrected chi connectivity index (χ1v) is 35.1. The lowest BCUT2D eigenvalue weighted by atomic mass is 10.0. The third kappa shape index (κ3) is 67.3. The van der Waals surface area contributed by atoms with E-state index in [-0.39, 0.29) is 31.1 Å². The van der Waals surface area contributed by atoms with Gasteiger partial charge in [0.1, 0.15) is 13.2 Å². The number of unbranched alkanes of at least 4 members (excludes halogenated alkanes) is 39. The smallest absolute Gasteiger partial charge is 0.306 e. The molecule has 468 valence electrons. The van der Waals surface area contributed by atoms with Gasteiger partial charge in [-0.3, -0.25) is 14.4 Å². The van der Waals surface area contributed by atoms with E-state index in [2.05, 4.69) is 106 Å². The SMILES string of the molecule is CC/C=C\C/C=C\C/C=C\C/C=C\CCCCC(=O)OCC(COC(=O)CCCCCCCCCCCCCCCCCCCCC/C=C\C/C=C\CCCCCCC)OC(=O)CCCCCCCCC/C=C\CCCCCCCC. The van der Waals surface area contributed by atoms with Crippen molar-refractivity contribution in [3.05, 3.63) is 85.1 Å². The van der Waals surface area contributed by atoms with Crippen molar-refractivity contribution in [2.24, 2.45) is 0 Å². The second kappa shape index (κ2) is 69.1. The molecule has 0 radical (unpaired) electrons. The van der Waals surface area contributed by atoms with Crippen LogP contribution < -0.4 is 0 Å². The van der Waals surface area contributed by atoms with E-state index in [9.17, 15) is 14.4 Å². The zero-order chi connectivity index (χ0) is 58.5. The van der Waals surface area contributed by atoms with Gasteiger partial charge >= 0.3 is 17.9 Å². The van der Waals surface area contributed by atoms with Crippen LogP contribution in [-0.2, 0) is 28.6 Å². The number of ether oxygens (including phenoxy) is 3. The third-order valence-electron chi connectivity index (χ3n) is 15.4. The number of allylic oxidation sites excluding steroid dienone is 14.